The van der Waals surface area contributed by atoms with E-state index < -0.39 is 34.5 Å². The lowest BCUT2D eigenvalue weighted by molar-refractivity contribution is 0.0695. The van der Waals surface area contributed by atoms with Crippen LogP contribution in [0.5, 0.6) is 0 Å². The molecule has 0 aliphatic rings. The van der Waals surface area contributed by atoms with Crippen molar-refractivity contribution in [3.63, 3.8) is 0 Å². The van der Waals surface area contributed by atoms with Gasteiger partial charge in [0.25, 0.3) is 0 Å². The number of aromatic carboxylic acids is 1. The molecule has 106 valence electrons. The summed E-state index contributed by atoms with van der Waals surface area (Å²) in [4.78, 5) is 22.9. The molecule has 1 heterocycles. The monoisotopic (exact) mass is 281 g/mol. The second-order valence-corrected chi connectivity index (χ2v) is 4.92. The first kappa shape index (κ1) is 14.2. The van der Waals surface area contributed by atoms with E-state index in [4.69, 9.17) is 5.11 Å². The van der Waals surface area contributed by atoms with E-state index in [9.17, 15) is 18.4 Å². The number of fused-ring (bicyclic) bond motifs is 1. The van der Waals surface area contributed by atoms with E-state index in [0.717, 1.165) is 12.3 Å². The number of carboxylic acids is 1. The highest BCUT2D eigenvalue weighted by atomic mass is 19.1. The zero-order valence-corrected chi connectivity index (χ0v) is 11.2. The largest absolute Gasteiger partial charge is 0.477 e. The fourth-order valence-corrected chi connectivity index (χ4v) is 2.28. The minimum atomic E-state index is -1.43. The average Bonchev–Trinajstić information content (AvgIpc) is 2.32. The van der Waals surface area contributed by atoms with E-state index in [-0.39, 0.29) is 16.5 Å². The SMILES string of the molecule is CC(C)c1c(F)cc2c(=O)c(C(=O)O)cn(C)c2c1F. The topological polar surface area (TPSA) is 59.3 Å². The fraction of sp³-hybridized carbons (Fsp3) is 0.286. The molecule has 0 bridgehead atoms. The molecule has 0 fully saturated rings. The van der Waals surface area contributed by atoms with Crippen LogP contribution in [0.1, 0.15) is 35.7 Å². The number of hydrogen-bond donors (Lipinski definition) is 1. The maximum atomic E-state index is 14.4. The number of halogens is 2. The number of rotatable bonds is 2. The molecule has 2 aromatic rings. The Hall–Kier alpha value is -2.24. The van der Waals surface area contributed by atoms with Gasteiger partial charge in [0.15, 0.2) is 5.82 Å². The summed E-state index contributed by atoms with van der Waals surface area (Å²) in [5.41, 5.74) is -1.62. The lowest BCUT2D eigenvalue weighted by Crippen LogP contribution is -2.19. The van der Waals surface area contributed by atoms with Crippen molar-refractivity contribution >= 4 is 16.9 Å². The Morgan fingerprint density at radius 1 is 1.35 bits per heavy atom. The number of nitrogens with zero attached hydrogens (tertiary/aromatic N) is 1. The zero-order valence-electron chi connectivity index (χ0n) is 11.2. The predicted molar refractivity (Wildman–Crippen MR) is 70.2 cm³/mol. The van der Waals surface area contributed by atoms with Gasteiger partial charge in [-0.3, -0.25) is 4.79 Å². The van der Waals surface area contributed by atoms with Crippen LogP contribution in [0.4, 0.5) is 8.78 Å². The molecule has 0 aliphatic carbocycles. The molecule has 1 aromatic heterocycles. The Morgan fingerprint density at radius 3 is 2.45 bits per heavy atom. The van der Waals surface area contributed by atoms with Crippen molar-refractivity contribution in [3.05, 3.63) is 45.2 Å². The molecule has 0 saturated heterocycles. The van der Waals surface area contributed by atoms with E-state index in [2.05, 4.69) is 0 Å². The van der Waals surface area contributed by atoms with Gasteiger partial charge < -0.3 is 9.67 Å². The molecule has 0 atom stereocenters. The Bertz CT molecular complexity index is 778. The van der Waals surface area contributed by atoms with Crippen molar-refractivity contribution in [2.45, 2.75) is 19.8 Å². The second kappa shape index (κ2) is 4.70. The number of carboxylic acid groups (broad SMARTS) is 1. The van der Waals surface area contributed by atoms with Crippen molar-refractivity contribution in [2.24, 2.45) is 7.05 Å². The van der Waals surface area contributed by atoms with Gasteiger partial charge >= 0.3 is 5.97 Å². The summed E-state index contributed by atoms with van der Waals surface area (Å²) in [7, 11) is 1.42. The third kappa shape index (κ3) is 1.97. The summed E-state index contributed by atoms with van der Waals surface area (Å²) in [5, 5.41) is 8.66. The first-order valence-corrected chi connectivity index (χ1v) is 6.00. The van der Waals surface area contributed by atoms with Crippen LogP contribution in [-0.2, 0) is 7.05 Å². The molecule has 1 aromatic carbocycles. The van der Waals surface area contributed by atoms with Crippen LogP contribution in [0.2, 0.25) is 0 Å². The normalized spacial score (nSPS) is 11.3. The highest BCUT2D eigenvalue weighted by Crippen LogP contribution is 2.27. The van der Waals surface area contributed by atoms with Crippen molar-refractivity contribution < 1.29 is 18.7 Å². The molecule has 4 nitrogen and oxygen atoms in total. The lowest BCUT2D eigenvalue weighted by atomic mass is 9.98. The summed E-state index contributed by atoms with van der Waals surface area (Å²) < 4.78 is 29.5. The van der Waals surface area contributed by atoms with Gasteiger partial charge in [-0.25, -0.2) is 13.6 Å². The minimum absolute atomic E-state index is 0.0925. The molecule has 0 aliphatic heterocycles. The van der Waals surface area contributed by atoms with E-state index in [1.165, 1.54) is 11.6 Å². The van der Waals surface area contributed by atoms with Crippen LogP contribution in [0.15, 0.2) is 17.1 Å². The first-order chi connectivity index (χ1) is 9.25. The summed E-state index contributed by atoms with van der Waals surface area (Å²) in [6.07, 6.45) is 1.04. The molecular weight excluding hydrogens is 268 g/mol. The van der Waals surface area contributed by atoms with E-state index >= 15 is 0 Å². The first-order valence-electron chi connectivity index (χ1n) is 6.00. The van der Waals surface area contributed by atoms with Gasteiger partial charge in [0.1, 0.15) is 11.4 Å². The number of pyridine rings is 1. The number of hydrogen-bond acceptors (Lipinski definition) is 2. The average molecular weight is 281 g/mol. The highest BCUT2D eigenvalue weighted by Gasteiger charge is 2.22. The van der Waals surface area contributed by atoms with Crippen molar-refractivity contribution in [1.82, 2.24) is 4.57 Å². The van der Waals surface area contributed by atoms with Gasteiger partial charge in [0, 0.05) is 18.8 Å². The van der Waals surface area contributed by atoms with Gasteiger partial charge in [-0.1, -0.05) is 13.8 Å². The molecule has 0 spiro atoms. The van der Waals surface area contributed by atoms with E-state index in [0.29, 0.717) is 0 Å². The molecule has 1 N–H and O–H groups in total. The molecular formula is C14H13F2NO3. The van der Waals surface area contributed by atoms with Crippen molar-refractivity contribution in [3.8, 4) is 0 Å². The van der Waals surface area contributed by atoms with Crippen molar-refractivity contribution in [1.29, 1.82) is 0 Å². The number of benzene rings is 1. The quantitative estimate of drug-likeness (QED) is 0.920. The molecule has 0 saturated carbocycles. The fourth-order valence-electron chi connectivity index (χ4n) is 2.28. The molecule has 6 heteroatoms. The van der Waals surface area contributed by atoms with Crippen LogP contribution in [0.25, 0.3) is 10.9 Å². The van der Waals surface area contributed by atoms with Gasteiger partial charge in [-0.05, 0) is 12.0 Å². The van der Waals surface area contributed by atoms with Crippen LogP contribution in [0, 0.1) is 11.6 Å². The third-order valence-corrected chi connectivity index (χ3v) is 3.20. The van der Waals surface area contributed by atoms with E-state index in [1.54, 1.807) is 13.8 Å². The minimum Gasteiger partial charge on any atom is -0.477 e. The number of aromatic nitrogens is 1. The predicted octanol–water partition coefficient (Wildman–Crippen LogP) is 2.64. The molecule has 0 amide bonds. The lowest BCUT2D eigenvalue weighted by Gasteiger charge is -2.14. The third-order valence-electron chi connectivity index (χ3n) is 3.20. The van der Waals surface area contributed by atoms with Gasteiger partial charge in [0.05, 0.1) is 10.9 Å². The van der Waals surface area contributed by atoms with Gasteiger partial charge in [0.2, 0.25) is 5.43 Å². The van der Waals surface area contributed by atoms with Crippen molar-refractivity contribution in [2.75, 3.05) is 0 Å². The number of aryl methyl sites for hydroxylation is 1. The molecule has 2 rings (SSSR count). The molecule has 20 heavy (non-hydrogen) atoms. The van der Waals surface area contributed by atoms with Crippen LogP contribution in [0.3, 0.4) is 0 Å². The summed E-state index contributed by atoms with van der Waals surface area (Å²) in [6, 6.07) is 0.905. The molecule has 0 unspecified atom stereocenters. The van der Waals surface area contributed by atoms with E-state index in [1.807, 2.05) is 0 Å². The second-order valence-electron chi connectivity index (χ2n) is 4.92. The highest BCUT2D eigenvalue weighted by molar-refractivity contribution is 5.92. The Labute approximate surface area is 113 Å². The number of carbonyl (C=O) groups is 1. The standard InChI is InChI=1S/C14H13F2NO3/c1-6(2)10-9(15)4-7-12(11(10)16)17(3)5-8(13(7)18)14(19)20/h4-6H,1-3H3,(H,19,20). The molecule has 0 radical (unpaired) electrons. The maximum absolute atomic E-state index is 14.4. The Morgan fingerprint density at radius 2 is 1.95 bits per heavy atom. The zero-order chi connectivity index (χ0) is 15.2. The summed E-state index contributed by atoms with van der Waals surface area (Å²) in [5.74, 6) is -3.49. The maximum Gasteiger partial charge on any atom is 0.341 e. The van der Waals surface area contributed by atoms with Crippen LogP contribution in [-0.4, -0.2) is 15.6 Å². The van der Waals surface area contributed by atoms with Gasteiger partial charge in [-0.15, -0.1) is 0 Å². The van der Waals surface area contributed by atoms with Crippen LogP contribution >= 0.6 is 0 Å². The Balaban J connectivity index is 3.03. The summed E-state index contributed by atoms with van der Waals surface area (Å²) in [6.45, 7) is 3.27. The smallest absolute Gasteiger partial charge is 0.341 e. The van der Waals surface area contributed by atoms with Gasteiger partial charge in [-0.2, -0.15) is 0 Å². The summed E-state index contributed by atoms with van der Waals surface area (Å²) >= 11 is 0. The Kier molecular flexibility index (Phi) is 3.33. The van der Waals surface area contributed by atoms with Crippen LogP contribution < -0.4 is 5.43 Å².